The average Bonchev–Trinajstić information content (AvgIpc) is 3.08. The molecule has 0 saturated carbocycles. The molecule has 1 fully saturated rings. The van der Waals surface area contributed by atoms with Gasteiger partial charge < -0.3 is 9.88 Å². The Labute approximate surface area is 143 Å². The van der Waals surface area contributed by atoms with Crippen LogP contribution in [0.1, 0.15) is 16.9 Å². The zero-order chi connectivity index (χ0) is 15.9. The molecule has 2 heterocycles. The van der Waals surface area contributed by atoms with E-state index >= 15 is 0 Å². The second-order valence-corrected chi connectivity index (χ2v) is 6.85. The van der Waals surface area contributed by atoms with E-state index in [4.69, 9.17) is 28.3 Å². The Morgan fingerprint density at radius 3 is 2.91 bits per heavy atom. The van der Waals surface area contributed by atoms with Crippen LogP contribution in [0.5, 0.6) is 0 Å². The van der Waals surface area contributed by atoms with Crippen LogP contribution in [0.15, 0.2) is 18.2 Å². The maximum absolute atomic E-state index is 12.5. The highest BCUT2D eigenvalue weighted by Crippen LogP contribution is 2.32. The summed E-state index contributed by atoms with van der Waals surface area (Å²) in [5, 5.41) is 10.3. The maximum atomic E-state index is 12.5. The van der Waals surface area contributed by atoms with E-state index in [0.717, 1.165) is 30.4 Å². The van der Waals surface area contributed by atoms with E-state index in [2.05, 4.69) is 5.32 Å². The van der Waals surface area contributed by atoms with Gasteiger partial charge in [0.2, 0.25) is 0 Å². The van der Waals surface area contributed by atoms with Crippen molar-refractivity contribution in [1.82, 2.24) is 14.2 Å². The molecule has 0 aliphatic carbocycles. The lowest BCUT2D eigenvalue weighted by Crippen LogP contribution is -2.37. The molecule has 1 aliphatic heterocycles. The van der Waals surface area contributed by atoms with Crippen LogP contribution in [0.25, 0.3) is 10.9 Å². The molecular weight excluding hydrogens is 343 g/mol. The van der Waals surface area contributed by atoms with Crippen LogP contribution in [0.2, 0.25) is 10.0 Å². The molecule has 5 nitrogen and oxygen atoms in total. The summed E-state index contributed by atoms with van der Waals surface area (Å²) in [7, 11) is 1.85. The van der Waals surface area contributed by atoms with E-state index in [9.17, 15) is 4.79 Å². The topological polar surface area (TPSA) is 63.3 Å². The van der Waals surface area contributed by atoms with E-state index in [1.807, 2.05) is 22.0 Å². The minimum absolute atomic E-state index is 0.111. The summed E-state index contributed by atoms with van der Waals surface area (Å²) in [6.07, 6.45) is 0.895. The fraction of sp³-hybridized carbons (Fsp3) is 0.357. The molecular formula is C14H16Cl2N4OS. The summed E-state index contributed by atoms with van der Waals surface area (Å²) < 4.78 is 3.86. The number of hydrogen-bond acceptors (Lipinski definition) is 4. The molecule has 0 spiro atoms. The lowest BCUT2D eigenvalue weighted by Gasteiger charge is -2.14. The number of carbonyl (C=O) groups excluding carboxylic acids is 1. The van der Waals surface area contributed by atoms with Gasteiger partial charge in [0, 0.05) is 49.2 Å². The number of aryl methyl sites for hydroxylation is 1. The molecule has 1 aromatic carbocycles. The molecule has 3 N–H and O–H groups in total. The van der Waals surface area contributed by atoms with Crippen molar-refractivity contribution >= 4 is 52.1 Å². The monoisotopic (exact) mass is 358 g/mol. The first kappa shape index (κ1) is 16.0. The predicted molar refractivity (Wildman–Crippen MR) is 92.2 cm³/mol. The molecule has 22 heavy (non-hydrogen) atoms. The minimum atomic E-state index is -0.111. The molecule has 1 amide bonds. The molecule has 2 aromatic rings. The number of hydrogen-bond donors (Lipinski definition) is 2. The fourth-order valence-electron chi connectivity index (χ4n) is 2.77. The predicted octanol–water partition coefficient (Wildman–Crippen LogP) is 2.81. The van der Waals surface area contributed by atoms with Crippen LogP contribution in [0.4, 0.5) is 0 Å². The minimum Gasteiger partial charge on any atom is -0.347 e. The van der Waals surface area contributed by atoms with Gasteiger partial charge in [-0.2, -0.15) is 0 Å². The Balaban J connectivity index is 1.85. The van der Waals surface area contributed by atoms with Crippen LogP contribution < -0.4 is 10.5 Å². The first-order valence-corrected chi connectivity index (χ1v) is 8.46. The van der Waals surface area contributed by atoms with Crippen LogP contribution in [-0.2, 0) is 7.05 Å². The number of rotatable bonds is 3. The Hall–Kier alpha value is -0.920. The van der Waals surface area contributed by atoms with Gasteiger partial charge in [-0.1, -0.05) is 23.2 Å². The van der Waals surface area contributed by atoms with Crippen LogP contribution >= 0.6 is 35.3 Å². The number of nitrogens with one attached hydrogen (secondary N) is 1. The van der Waals surface area contributed by atoms with Crippen molar-refractivity contribution in [2.24, 2.45) is 12.2 Å². The lowest BCUT2D eigenvalue weighted by molar-refractivity contribution is 0.0931. The first-order valence-electron chi connectivity index (χ1n) is 6.87. The largest absolute Gasteiger partial charge is 0.347 e. The smallest absolute Gasteiger partial charge is 0.268 e. The molecule has 0 bridgehead atoms. The summed E-state index contributed by atoms with van der Waals surface area (Å²) in [4.78, 5) is 12.5. The third kappa shape index (κ3) is 2.81. The highest BCUT2D eigenvalue weighted by molar-refractivity contribution is 7.94. The number of halogens is 2. The van der Waals surface area contributed by atoms with Crippen molar-refractivity contribution in [2.45, 2.75) is 12.5 Å². The number of fused-ring (bicyclic) bond motifs is 1. The molecule has 1 aromatic heterocycles. The third-order valence-electron chi connectivity index (χ3n) is 3.98. The number of aromatic nitrogens is 1. The Bertz CT molecular complexity index is 733. The van der Waals surface area contributed by atoms with Gasteiger partial charge in [0.25, 0.3) is 5.91 Å². The van der Waals surface area contributed by atoms with Gasteiger partial charge in [0.15, 0.2) is 0 Å². The second kappa shape index (κ2) is 6.29. The van der Waals surface area contributed by atoms with E-state index in [1.165, 1.54) is 12.1 Å². The van der Waals surface area contributed by atoms with Gasteiger partial charge in [-0.3, -0.25) is 9.93 Å². The van der Waals surface area contributed by atoms with E-state index in [0.29, 0.717) is 15.7 Å². The van der Waals surface area contributed by atoms with Crippen LogP contribution in [-0.4, -0.2) is 33.9 Å². The Kier molecular flexibility index (Phi) is 4.56. The zero-order valence-corrected chi connectivity index (χ0v) is 14.3. The molecule has 1 unspecified atom stereocenters. The molecule has 118 valence electrons. The fourth-order valence-corrected chi connectivity index (χ4v) is 3.62. The number of nitrogens with zero attached hydrogens (tertiary/aromatic N) is 2. The number of amides is 1. The van der Waals surface area contributed by atoms with E-state index in [-0.39, 0.29) is 11.9 Å². The second-order valence-electron chi connectivity index (χ2n) is 5.34. The van der Waals surface area contributed by atoms with Crippen molar-refractivity contribution in [2.75, 3.05) is 13.1 Å². The highest BCUT2D eigenvalue weighted by atomic mass is 35.5. The summed E-state index contributed by atoms with van der Waals surface area (Å²) in [6, 6.07) is 5.49. The molecule has 1 aliphatic rings. The summed E-state index contributed by atoms with van der Waals surface area (Å²) in [5.41, 5.74) is 1.45. The summed E-state index contributed by atoms with van der Waals surface area (Å²) in [5.74, 6) is -0.111. The standard InChI is InChI=1S/C14H16Cl2N4OS/c1-19-11-3-2-10(15)13(16)9(11)6-12(19)14(21)18-8-4-5-20(7-8)22-17/h2-3,6,8H,4-5,7,17H2,1H3,(H,18,21). The first-order chi connectivity index (χ1) is 10.5. The van der Waals surface area contributed by atoms with Crippen molar-refractivity contribution in [3.8, 4) is 0 Å². The van der Waals surface area contributed by atoms with E-state index in [1.54, 1.807) is 12.1 Å². The van der Waals surface area contributed by atoms with Crippen molar-refractivity contribution in [3.63, 3.8) is 0 Å². The maximum Gasteiger partial charge on any atom is 0.268 e. The molecule has 1 saturated heterocycles. The van der Waals surface area contributed by atoms with E-state index < -0.39 is 0 Å². The normalized spacial score (nSPS) is 19.0. The quantitative estimate of drug-likeness (QED) is 0.828. The SMILES string of the molecule is Cn1c(C(=O)NC2CCN(SN)C2)cc2c(Cl)c(Cl)ccc21. The van der Waals surface area contributed by atoms with Gasteiger partial charge >= 0.3 is 0 Å². The third-order valence-corrected chi connectivity index (χ3v) is 5.43. The van der Waals surface area contributed by atoms with Gasteiger partial charge in [0.05, 0.1) is 10.0 Å². The van der Waals surface area contributed by atoms with Gasteiger partial charge in [0.1, 0.15) is 5.69 Å². The molecule has 8 heteroatoms. The lowest BCUT2D eigenvalue weighted by atomic mass is 10.2. The van der Waals surface area contributed by atoms with Gasteiger partial charge in [-0.15, -0.1) is 0 Å². The number of carbonyl (C=O) groups is 1. The molecule has 1 atom stereocenters. The zero-order valence-electron chi connectivity index (χ0n) is 12.0. The summed E-state index contributed by atoms with van der Waals surface area (Å²) in [6.45, 7) is 1.63. The van der Waals surface area contributed by atoms with Crippen molar-refractivity contribution in [1.29, 1.82) is 0 Å². The van der Waals surface area contributed by atoms with Gasteiger partial charge in [-0.05, 0) is 24.6 Å². The Morgan fingerprint density at radius 1 is 1.45 bits per heavy atom. The van der Waals surface area contributed by atoms with Crippen LogP contribution in [0.3, 0.4) is 0 Å². The average molecular weight is 359 g/mol. The van der Waals surface area contributed by atoms with Crippen LogP contribution in [0, 0.1) is 0 Å². The molecule has 0 radical (unpaired) electrons. The van der Waals surface area contributed by atoms with Gasteiger partial charge in [-0.25, -0.2) is 4.31 Å². The highest BCUT2D eigenvalue weighted by Gasteiger charge is 2.25. The summed E-state index contributed by atoms with van der Waals surface area (Å²) >= 11 is 13.5. The van der Waals surface area contributed by atoms with Crippen molar-refractivity contribution < 1.29 is 4.79 Å². The Morgan fingerprint density at radius 2 is 2.23 bits per heavy atom. The number of nitrogens with two attached hydrogens (primary N) is 1. The molecule has 3 rings (SSSR count). The van der Waals surface area contributed by atoms with Crippen molar-refractivity contribution in [3.05, 3.63) is 33.9 Å². The number of benzene rings is 1.